The molecular weight excluding hydrogens is 202 g/mol. The Morgan fingerprint density at radius 3 is 2.88 bits per heavy atom. The Kier molecular flexibility index (Phi) is 2.94. The molecule has 0 fully saturated rings. The third kappa shape index (κ3) is 2.08. The van der Waals surface area contributed by atoms with Crippen LogP contribution in [0.2, 0.25) is 0 Å². The fraction of sp³-hybridized carbons (Fsp3) is 0.417. The van der Waals surface area contributed by atoms with Crippen molar-refractivity contribution in [2.24, 2.45) is 7.05 Å². The molecule has 86 valence electrons. The van der Waals surface area contributed by atoms with Gasteiger partial charge in [-0.15, -0.1) is 0 Å². The summed E-state index contributed by atoms with van der Waals surface area (Å²) in [6, 6.07) is 5.90. The molecule has 0 saturated carbocycles. The molecule has 0 saturated heterocycles. The summed E-state index contributed by atoms with van der Waals surface area (Å²) in [7, 11) is 5.86. The van der Waals surface area contributed by atoms with Gasteiger partial charge in [0.15, 0.2) is 0 Å². The molecule has 1 atom stereocenters. The zero-order chi connectivity index (χ0) is 11.7. The standard InChI is InChI=1S/C12H17N3O/c1-14(2)7-12(16)9-4-5-11-10(6-9)13-8-15(11)3/h4-6,8,12,16H,7H2,1-3H3. The molecule has 0 aliphatic carbocycles. The van der Waals surface area contributed by atoms with E-state index in [-0.39, 0.29) is 0 Å². The van der Waals surface area contributed by atoms with E-state index in [0.717, 1.165) is 16.6 Å². The Morgan fingerprint density at radius 2 is 2.19 bits per heavy atom. The largest absolute Gasteiger partial charge is 0.387 e. The van der Waals surface area contributed by atoms with Crippen molar-refractivity contribution >= 4 is 11.0 Å². The zero-order valence-electron chi connectivity index (χ0n) is 9.88. The third-order valence-electron chi connectivity index (χ3n) is 2.67. The predicted octanol–water partition coefficient (Wildman–Crippen LogP) is 1.17. The van der Waals surface area contributed by atoms with Gasteiger partial charge in [-0.25, -0.2) is 4.98 Å². The number of hydrogen-bond acceptors (Lipinski definition) is 3. The van der Waals surface area contributed by atoms with Crippen molar-refractivity contribution in [2.75, 3.05) is 20.6 Å². The summed E-state index contributed by atoms with van der Waals surface area (Å²) in [5.41, 5.74) is 2.93. The summed E-state index contributed by atoms with van der Waals surface area (Å²) in [6.07, 6.45) is 1.33. The average molecular weight is 219 g/mol. The molecule has 1 heterocycles. The fourth-order valence-corrected chi connectivity index (χ4v) is 1.81. The van der Waals surface area contributed by atoms with E-state index in [1.165, 1.54) is 0 Å². The predicted molar refractivity (Wildman–Crippen MR) is 64.2 cm³/mol. The van der Waals surface area contributed by atoms with Gasteiger partial charge in [0.05, 0.1) is 23.5 Å². The van der Waals surface area contributed by atoms with Crippen LogP contribution < -0.4 is 0 Å². The van der Waals surface area contributed by atoms with Gasteiger partial charge in [-0.05, 0) is 31.8 Å². The van der Waals surface area contributed by atoms with Gasteiger partial charge in [-0.2, -0.15) is 0 Å². The molecule has 0 amide bonds. The first-order valence-corrected chi connectivity index (χ1v) is 5.31. The van der Waals surface area contributed by atoms with Crippen molar-refractivity contribution in [1.29, 1.82) is 0 Å². The molecule has 2 aromatic rings. The van der Waals surface area contributed by atoms with Crippen LogP contribution in [0.3, 0.4) is 0 Å². The van der Waals surface area contributed by atoms with E-state index in [9.17, 15) is 5.11 Å². The molecule has 0 bridgehead atoms. The molecule has 1 unspecified atom stereocenters. The van der Waals surface area contributed by atoms with Gasteiger partial charge >= 0.3 is 0 Å². The highest BCUT2D eigenvalue weighted by Gasteiger charge is 2.10. The van der Waals surface area contributed by atoms with E-state index in [1.807, 2.05) is 48.8 Å². The number of aryl methyl sites for hydroxylation is 1. The number of likely N-dealkylation sites (N-methyl/N-ethyl adjacent to an activating group) is 1. The number of imidazole rings is 1. The van der Waals surface area contributed by atoms with E-state index in [4.69, 9.17) is 0 Å². The van der Waals surface area contributed by atoms with Crippen LogP contribution in [0.5, 0.6) is 0 Å². The molecule has 1 aromatic carbocycles. The van der Waals surface area contributed by atoms with Crippen molar-refractivity contribution in [3.8, 4) is 0 Å². The lowest BCUT2D eigenvalue weighted by molar-refractivity contribution is 0.138. The molecule has 0 spiro atoms. The van der Waals surface area contributed by atoms with Crippen LogP contribution in [0.4, 0.5) is 0 Å². The molecule has 0 radical (unpaired) electrons. The van der Waals surface area contributed by atoms with Crippen LogP contribution >= 0.6 is 0 Å². The van der Waals surface area contributed by atoms with Gasteiger partial charge in [0.25, 0.3) is 0 Å². The first-order valence-electron chi connectivity index (χ1n) is 5.31. The number of benzene rings is 1. The maximum atomic E-state index is 9.98. The van der Waals surface area contributed by atoms with Crippen molar-refractivity contribution in [1.82, 2.24) is 14.5 Å². The van der Waals surface area contributed by atoms with Crippen molar-refractivity contribution in [3.63, 3.8) is 0 Å². The molecule has 1 N–H and O–H groups in total. The molecule has 0 aliphatic heterocycles. The molecule has 16 heavy (non-hydrogen) atoms. The summed E-state index contributed by atoms with van der Waals surface area (Å²) in [6.45, 7) is 0.623. The van der Waals surface area contributed by atoms with Gasteiger partial charge in [0, 0.05) is 13.6 Å². The number of aliphatic hydroxyl groups excluding tert-OH is 1. The SMILES string of the molecule is CN(C)CC(O)c1ccc2c(c1)ncn2C. The molecule has 0 aliphatic rings. The van der Waals surface area contributed by atoms with Crippen molar-refractivity contribution in [3.05, 3.63) is 30.1 Å². The smallest absolute Gasteiger partial charge is 0.0955 e. The lowest BCUT2D eigenvalue weighted by Gasteiger charge is -2.16. The van der Waals surface area contributed by atoms with Crippen LogP contribution in [-0.4, -0.2) is 40.2 Å². The Balaban J connectivity index is 2.32. The van der Waals surface area contributed by atoms with Crippen LogP contribution in [-0.2, 0) is 7.05 Å². The van der Waals surface area contributed by atoms with Gasteiger partial charge in [0.1, 0.15) is 0 Å². The molecular formula is C12H17N3O. The van der Waals surface area contributed by atoms with Crippen LogP contribution in [0.25, 0.3) is 11.0 Å². The molecule has 4 nitrogen and oxygen atoms in total. The van der Waals surface area contributed by atoms with Gasteiger partial charge in [0.2, 0.25) is 0 Å². The number of aromatic nitrogens is 2. The van der Waals surface area contributed by atoms with Gasteiger partial charge in [-0.1, -0.05) is 6.07 Å². The van der Waals surface area contributed by atoms with E-state index in [0.29, 0.717) is 6.54 Å². The monoisotopic (exact) mass is 219 g/mol. The second kappa shape index (κ2) is 4.23. The summed E-state index contributed by atoms with van der Waals surface area (Å²) in [5, 5.41) is 9.98. The lowest BCUT2D eigenvalue weighted by atomic mass is 10.1. The second-order valence-electron chi connectivity index (χ2n) is 4.38. The molecule has 1 aromatic heterocycles. The molecule has 4 heteroatoms. The van der Waals surface area contributed by atoms with Crippen molar-refractivity contribution in [2.45, 2.75) is 6.10 Å². The van der Waals surface area contributed by atoms with Gasteiger partial charge < -0.3 is 14.6 Å². The van der Waals surface area contributed by atoms with E-state index in [1.54, 1.807) is 6.33 Å². The van der Waals surface area contributed by atoms with E-state index >= 15 is 0 Å². The quantitative estimate of drug-likeness (QED) is 0.842. The lowest BCUT2D eigenvalue weighted by Crippen LogP contribution is -2.19. The number of fused-ring (bicyclic) bond motifs is 1. The zero-order valence-corrected chi connectivity index (χ0v) is 9.88. The van der Waals surface area contributed by atoms with Crippen molar-refractivity contribution < 1.29 is 5.11 Å². The molecule has 2 rings (SSSR count). The normalized spacial score (nSPS) is 13.6. The van der Waals surface area contributed by atoms with Gasteiger partial charge in [-0.3, -0.25) is 0 Å². The topological polar surface area (TPSA) is 41.3 Å². The van der Waals surface area contributed by atoms with Crippen LogP contribution in [0.1, 0.15) is 11.7 Å². The summed E-state index contributed by atoms with van der Waals surface area (Å²) in [5.74, 6) is 0. The first-order chi connectivity index (χ1) is 7.58. The Hall–Kier alpha value is -1.39. The number of hydrogen-bond donors (Lipinski definition) is 1. The minimum absolute atomic E-state index is 0.457. The second-order valence-corrected chi connectivity index (χ2v) is 4.38. The average Bonchev–Trinajstić information content (AvgIpc) is 2.59. The summed E-state index contributed by atoms with van der Waals surface area (Å²) >= 11 is 0. The highest BCUT2D eigenvalue weighted by molar-refractivity contribution is 5.76. The van der Waals surface area contributed by atoms with Crippen LogP contribution in [0.15, 0.2) is 24.5 Å². The third-order valence-corrected chi connectivity index (χ3v) is 2.67. The number of rotatable bonds is 3. The fourth-order valence-electron chi connectivity index (χ4n) is 1.81. The van der Waals surface area contributed by atoms with Crippen LogP contribution in [0, 0.1) is 0 Å². The van der Waals surface area contributed by atoms with E-state index in [2.05, 4.69) is 4.98 Å². The Labute approximate surface area is 95.1 Å². The minimum atomic E-state index is -0.457. The Bertz CT molecular complexity index is 490. The highest BCUT2D eigenvalue weighted by Crippen LogP contribution is 2.19. The summed E-state index contributed by atoms with van der Waals surface area (Å²) in [4.78, 5) is 6.24. The Morgan fingerprint density at radius 1 is 1.44 bits per heavy atom. The number of nitrogens with zero attached hydrogens (tertiary/aromatic N) is 3. The van der Waals surface area contributed by atoms with E-state index < -0.39 is 6.10 Å². The maximum Gasteiger partial charge on any atom is 0.0955 e. The maximum absolute atomic E-state index is 9.98. The number of aliphatic hydroxyl groups is 1. The minimum Gasteiger partial charge on any atom is -0.387 e. The first kappa shape index (κ1) is 11.1. The highest BCUT2D eigenvalue weighted by atomic mass is 16.3. The summed E-state index contributed by atoms with van der Waals surface area (Å²) < 4.78 is 1.97.